The van der Waals surface area contributed by atoms with E-state index in [1.807, 2.05) is 19.1 Å². The number of benzene rings is 1. The van der Waals surface area contributed by atoms with Gasteiger partial charge in [-0.1, -0.05) is 12.7 Å². The molecule has 29 heavy (non-hydrogen) atoms. The first-order valence-corrected chi connectivity index (χ1v) is 10.3. The first kappa shape index (κ1) is 21.3. The van der Waals surface area contributed by atoms with Gasteiger partial charge in [-0.25, -0.2) is 0 Å². The molecule has 158 valence electrons. The van der Waals surface area contributed by atoms with E-state index in [1.54, 1.807) is 45.9 Å². The molecule has 0 spiro atoms. The fourth-order valence-corrected chi connectivity index (χ4v) is 4.75. The third-order valence-electron chi connectivity index (χ3n) is 4.93. The Kier molecular flexibility index (Phi) is 6.92. The number of hydrogen-bond donors (Lipinski definition) is 0. The summed E-state index contributed by atoms with van der Waals surface area (Å²) in [4.78, 5) is 2.12. The third-order valence-corrected chi connectivity index (χ3v) is 6.09. The summed E-state index contributed by atoms with van der Waals surface area (Å²) in [5, 5.41) is 0. The predicted molar refractivity (Wildman–Crippen MR) is 113 cm³/mol. The summed E-state index contributed by atoms with van der Waals surface area (Å²) < 4.78 is 34.3. The molecule has 1 aliphatic heterocycles. The highest BCUT2D eigenvalue weighted by atomic mass is 32.1. The van der Waals surface area contributed by atoms with Crippen LogP contribution in [0.3, 0.4) is 0 Å². The molecule has 7 heteroatoms. The summed E-state index contributed by atoms with van der Waals surface area (Å²) in [6.07, 6.45) is 3.37. The molecule has 2 unspecified atom stereocenters. The van der Waals surface area contributed by atoms with Crippen LogP contribution in [0.4, 0.5) is 0 Å². The van der Waals surface area contributed by atoms with Crippen LogP contribution in [-0.2, 0) is 4.74 Å². The number of aryl methyl sites for hydroxylation is 1. The van der Waals surface area contributed by atoms with Crippen LogP contribution in [0.25, 0.3) is 0 Å². The van der Waals surface area contributed by atoms with Gasteiger partial charge in [0.15, 0.2) is 23.0 Å². The minimum atomic E-state index is -0.0710. The molecule has 1 aliphatic rings. The largest absolute Gasteiger partial charge is 0.493 e. The Balaban J connectivity index is 1.86. The van der Waals surface area contributed by atoms with Gasteiger partial charge in [-0.2, -0.15) is 0 Å². The molecule has 2 heterocycles. The fourth-order valence-electron chi connectivity index (χ4n) is 3.61. The van der Waals surface area contributed by atoms with Gasteiger partial charge in [0.05, 0.1) is 45.5 Å². The summed E-state index contributed by atoms with van der Waals surface area (Å²) in [7, 11) is 6.49. The van der Waals surface area contributed by atoms with Crippen LogP contribution in [0.1, 0.15) is 40.4 Å². The van der Waals surface area contributed by atoms with Crippen molar-refractivity contribution in [3.63, 3.8) is 0 Å². The summed E-state index contributed by atoms with van der Waals surface area (Å²) in [5.74, 6) is 3.35. The Morgan fingerprint density at radius 3 is 2.14 bits per heavy atom. The number of thiophene rings is 1. The van der Waals surface area contributed by atoms with Crippen molar-refractivity contribution in [1.29, 1.82) is 0 Å². The van der Waals surface area contributed by atoms with E-state index < -0.39 is 0 Å². The number of rotatable bonds is 9. The molecule has 0 aliphatic carbocycles. The molecule has 0 radical (unpaired) electrons. The maximum atomic E-state index is 6.42. The number of ether oxygens (including phenoxy) is 6. The van der Waals surface area contributed by atoms with Crippen LogP contribution in [0.15, 0.2) is 24.8 Å². The molecule has 1 saturated heterocycles. The zero-order chi connectivity index (χ0) is 21.0. The second-order valence-corrected chi connectivity index (χ2v) is 7.89. The van der Waals surface area contributed by atoms with Crippen molar-refractivity contribution in [2.24, 2.45) is 0 Å². The van der Waals surface area contributed by atoms with Crippen LogP contribution < -0.4 is 23.7 Å². The quantitative estimate of drug-likeness (QED) is 0.517. The Labute approximate surface area is 175 Å². The first-order valence-electron chi connectivity index (χ1n) is 9.44. The zero-order valence-electron chi connectivity index (χ0n) is 17.6. The molecule has 3 rings (SSSR count). The van der Waals surface area contributed by atoms with Gasteiger partial charge in [0.2, 0.25) is 5.75 Å². The van der Waals surface area contributed by atoms with E-state index in [-0.39, 0.29) is 12.2 Å². The number of hydrogen-bond acceptors (Lipinski definition) is 7. The molecule has 1 aromatic carbocycles. The van der Waals surface area contributed by atoms with Crippen LogP contribution in [0.2, 0.25) is 0 Å². The van der Waals surface area contributed by atoms with Crippen molar-refractivity contribution in [1.82, 2.24) is 0 Å². The maximum Gasteiger partial charge on any atom is 0.203 e. The van der Waals surface area contributed by atoms with Gasteiger partial charge in [0.1, 0.15) is 6.61 Å². The molecule has 2 aromatic rings. The molecule has 1 fully saturated rings. The Morgan fingerprint density at radius 2 is 1.59 bits per heavy atom. The molecular formula is C22H28O6S. The SMILES string of the molecule is C=CCOc1c(C)sc(C2CCC(c3cc(OC)c(OC)c(OC)c3)O2)c1OC. The molecule has 1 aromatic heterocycles. The van der Waals surface area contributed by atoms with Crippen molar-refractivity contribution < 1.29 is 28.4 Å². The van der Waals surface area contributed by atoms with E-state index in [1.165, 1.54) is 0 Å². The van der Waals surface area contributed by atoms with Crippen molar-refractivity contribution >= 4 is 11.3 Å². The van der Waals surface area contributed by atoms with E-state index in [2.05, 4.69) is 6.58 Å². The van der Waals surface area contributed by atoms with Crippen LogP contribution in [-0.4, -0.2) is 35.0 Å². The Morgan fingerprint density at radius 1 is 0.966 bits per heavy atom. The van der Waals surface area contributed by atoms with Gasteiger partial charge in [0, 0.05) is 4.88 Å². The molecule has 0 N–H and O–H groups in total. The second-order valence-electron chi connectivity index (χ2n) is 6.63. The van der Waals surface area contributed by atoms with Crippen molar-refractivity contribution in [2.45, 2.75) is 32.0 Å². The van der Waals surface area contributed by atoms with E-state index in [0.29, 0.717) is 23.9 Å². The highest BCUT2D eigenvalue weighted by molar-refractivity contribution is 7.12. The maximum absolute atomic E-state index is 6.42. The average Bonchev–Trinajstić information content (AvgIpc) is 3.35. The van der Waals surface area contributed by atoms with Gasteiger partial charge in [-0.15, -0.1) is 11.3 Å². The van der Waals surface area contributed by atoms with Gasteiger partial charge in [-0.05, 0) is 37.5 Å². The normalized spacial score (nSPS) is 18.4. The lowest BCUT2D eigenvalue weighted by Gasteiger charge is -2.18. The Bertz CT molecular complexity index is 834. The first-order chi connectivity index (χ1) is 14.1. The molecular weight excluding hydrogens is 392 g/mol. The van der Waals surface area contributed by atoms with Crippen LogP contribution in [0, 0.1) is 6.92 Å². The van der Waals surface area contributed by atoms with Crippen molar-refractivity contribution in [3.05, 3.63) is 40.1 Å². The summed E-state index contributed by atoms with van der Waals surface area (Å²) >= 11 is 1.65. The smallest absolute Gasteiger partial charge is 0.203 e. The molecule has 0 bridgehead atoms. The Hall–Kier alpha value is -2.38. The standard InChI is InChI=1S/C22H28O6S/c1-7-10-27-19-13(2)29-22(21(19)26-6)16-9-8-15(28-16)14-11-17(23-3)20(25-5)18(12-14)24-4/h7,11-12,15-16H,1,8-10H2,2-6H3. The number of methoxy groups -OCH3 is 4. The zero-order valence-corrected chi connectivity index (χ0v) is 18.4. The predicted octanol–water partition coefficient (Wildman–Crippen LogP) is 5.25. The molecule has 0 amide bonds. The minimum absolute atomic E-state index is 0.0566. The van der Waals surface area contributed by atoms with Crippen molar-refractivity contribution in [3.8, 4) is 28.7 Å². The average molecular weight is 421 g/mol. The lowest BCUT2D eigenvalue weighted by molar-refractivity contribution is 0.0444. The van der Waals surface area contributed by atoms with Gasteiger partial charge in [0.25, 0.3) is 0 Å². The monoisotopic (exact) mass is 420 g/mol. The lowest BCUT2D eigenvalue weighted by Crippen LogP contribution is -2.02. The van der Waals surface area contributed by atoms with E-state index in [4.69, 9.17) is 28.4 Å². The van der Waals surface area contributed by atoms with Crippen LogP contribution in [0.5, 0.6) is 28.7 Å². The van der Waals surface area contributed by atoms with Gasteiger partial charge >= 0.3 is 0 Å². The summed E-state index contributed by atoms with van der Waals surface area (Å²) in [5.41, 5.74) is 0.998. The highest BCUT2D eigenvalue weighted by Gasteiger charge is 2.34. The van der Waals surface area contributed by atoms with Gasteiger partial charge < -0.3 is 28.4 Å². The summed E-state index contributed by atoms with van der Waals surface area (Å²) in [6.45, 7) is 6.18. The molecule has 0 saturated carbocycles. The lowest BCUT2D eigenvalue weighted by atomic mass is 10.0. The second kappa shape index (κ2) is 9.41. The topological polar surface area (TPSA) is 55.4 Å². The van der Waals surface area contributed by atoms with Crippen molar-refractivity contribution in [2.75, 3.05) is 35.0 Å². The van der Waals surface area contributed by atoms with E-state index in [0.717, 1.165) is 39.7 Å². The van der Waals surface area contributed by atoms with Crippen LogP contribution >= 0.6 is 11.3 Å². The van der Waals surface area contributed by atoms with E-state index in [9.17, 15) is 0 Å². The third kappa shape index (κ3) is 4.16. The minimum Gasteiger partial charge on any atom is -0.493 e. The van der Waals surface area contributed by atoms with E-state index >= 15 is 0 Å². The van der Waals surface area contributed by atoms with Gasteiger partial charge in [-0.3, -0.25) is 0 Å². The fraction of sp³-hybridized carbons (Fsp3) is 0.455. The molecule has 6 nitrogen and oxygen atoms in total. The summed E-state index contributed by atoms with van der Waals surface area (Å²) in [6, 6.07) is 3.90. The molecule has 2 atom stereocenters. The highest BCUT2D eigenvalue weighted by Crippen LogP contribution is 2.52.